The zero-order chi connectivity index (χ0) is 9.56. The first kappa shape index (κ1) is 10.9. The van der Waals surface area contributed by atoms with Crippen molar-refractivity contribution in [3.63, 3.8) is 0 Å². The molecule has 1 atom stereocenters. The van der Waals surface area contributed by atoms with Crippen LogP contribution in [0.5, 0.6) is 0 Å². The van der Waals surface area contributed by atoms with Crippen molar-refractivity contribution in [2.75, 3.05) is 13.2 Å². The molecule has 0 saturated carbocycles. The number of hydrogen-bond acceptors (Lipinski definition) is 4. The van der Waals surface area contributed by atoms with Crippen LogP contribution in [-0.4, -0.2) is 36.2 Å². The van der Waals surface area contributed by atoms with E-state index in [-0.39, 0.29) is 19.1 Å². The molecule has 12 heavy (non-hydrogen) atoms. The van der Waals surface area contributed by atoms with Crippen LogP contribution in [0.25, 0.3) is 0 Å². The number of rotatable bonds is 4. The van der Waals surface area contributed by atoms with Crippen LogP contribution in [0, 0.1) is 0 Å². The zero-order valence-corrected chi connectivity index (χ0v) is 7.16. The van der Waals surface area contributed by atoms with E-state index in [1.54, 1.807) is 6.92 Å². The maximum atomic E-state index is 10.7. The molecular formula is C7H13NO4. The van der Waals surface area contributed by atoms with E-state index in [1.165, 1.54) is 6.92 Å². The molecule has 0 aromatic heterocycles. The summed E-state index contributed by atoms with van der Waals surface area (Å²) >= 11 is 0. The quantitative estimate of drug-likeness (QED) is 0.540. The second kappa shape index (κ2) is 5.54. The predicted molar refractivity (Wildman–Crippen MR) is 41.3 cm³/mol. The van der Waals surface area contributed by atoms with Crippen LogP contribution in [-0.2, 0) is 14.3 Å². The Bertz CT molecular complexity index is 169. The smallest absolute Gasteiger partial charge is 0.336 e. The summed E-state index contributed by atoms with van der Waals surface area (Å²) in [5, 5.41) is 11.3. The fourth-order valence-corrected chi connectivity index (χ4v) is 0.562. The Morgan fingerprint density at radius 1 is 1.58 bits per heavy atom. The van der Waals surface area contributed by atoms with Gasteiger partial charge in [0.05, 0.1) is 13.2 Å². The largest absolute Gasteiger partial charge is 0.464 e. The summed E-state index contributed by atoms with van der Waals surface area (Å²) in [5.41, 5.74) is 0. The fourth-order valence-electron chi connectivity index (χ4n) is 0.562. The lowest BCUT2D eigenvalue weighted by molar-refractivity contribution is -0.152. The fraction of sp³-hybridized carbons (Fsp3) is 0.714. The molecule has 0 spiro atoms. The molecule has 0 rings (SSSR count). The maximum Gasteiger partial charge on any atom is 0.336 e. The van der Waals surface area contributed by atoms with Gasteiger partial charge in [0, 0.05) is 6.92 Å². The van der Waals surface area contributed by atoms with E-state index in [4.69, 9.17) is 5.11 Å². The molecule has 0 aliphatic carbocycles. The van der Waals surface area contributed by atoms with Gasteiger partial charge < -0.3 is 15.2 Å². The summed E-state index contributed by atoms with van der Waals surface area (Å²) < 4.78 is 4.50. The molecule has 0 radical (unpaired) electrons. The molecule has 2 N–H and O–H groups in total. The first-order valence-corrected chi connectivity index (χ1v) is 3.67. The Hall–Kier alpha value is -1.10. The highest BCUT2D eigenvalue weighted by molar-refractivity contribution is 5.77. The van der Waals surface area contributed by atoms with Crippen LogP contribution in [0.4, 0.5) is 0 Å². The van der Waals surface area contributed by atoms with Crippen LogP contribution in [0.1, 0.15) is 13.8 Å². The van der Waals surface area contributed by atoms with Crippen molar-refractivity contribution in [2.24, 2.45) is 0 Å². The number of carbonyl (C=O) groups excluding carboxylic acids is 2. The average molecular weight is 175 g/mol. The number of carbonyl (C=O) groups is 2. The lowest BCUT2D eigenvalue weighted by Crippen LogP contribution is -2.36. The summed E-state index contributed by atoms with van der Waals surface area (Å²) in [5.74, 6) is -1.01. The molecule has 0 aromatic rings. The third-order valence-electron chi connectivity index (χ3n) is 1.10. The highest BCUT2D eigenvalue weighted by atomic mass is 16.5. The van der Waals surface area contributed by atoms with Crippen molar-refractivity contribution in [3.8, 4) is 0 Å². The minimum absolute atomic E-state index is 0.103. The molecule has 0 unspecified atom stereocenters. The Kier molecular flexibility index (Phi) is 5.03. The Morgan fingerprint density at radius 2 is 2.17 bits per heavy atom. The third kappa shape index (κ3) is 4.68. The van der Waals surface area contributed by atoms with Gasteiger partial charge in [0.15, 0.2) is 6.10 Å². The Balaban J connectivity index is 3.63. The van der Waals surface area contributed by atoms with Gasteiger partial charge in [-0.1, -0.05) is 0 Å². The van der Waals surface area contributed by atoms with Gasteiger partial charge in [-0.15, -0.1) is 0 Å². The van der Waals surface area contributed by atoms with Crippen molar-refractivity contribution in [2.45, 2.75) is 20.0 Å². The molecule has 5 heteroatoms. The third-order valence-corrected chi connectivity index (χ3v) is 1.10. The van der Waals surface area contributed by atoms with Gasteiger partial charge in [-0.3, -0.25) is 4.79 Å². The van der Waals surface area contributed by atoms with Crippen LogP contribution in [0.15, 0.2) is 0 Å². The number of aliphatic hydroxyl groups is 1. The Morgan fingerprint density at radius 3 is 2.58 bits per heavy atom. The van der Waals surface area contributed by atoms with Gasteiger partial charge in [-0.05, 0) is 6.92 Å². The topological polar surface area (TPSA) is 75.6 Å². The van der Waals surface area contributed by atoms with Crippen LogP contribution in [0.2, 0.25) is 0 Å². The molecule has 0 bridgehead atoms. The van der Waals surface area contributed by atoms with Crippen LogP contribution < -0.4 is 5.32 Å². The van der Waals surface area contributed by atoms with Crippen LogP contribution >= 0.6 is 0 Å². The molecule has 5 nitrogen and oxygen atoms in total. The predicted octanol–water partition coefficient (Wildman–Crippen LogP) is -0.954. The number of hydrogen-bond donors (Lipinski definition) is 2. The van der Waals surface area contributed by atoms with Gasteiger partial charge in [-0.2, -0.15) is 0 Å². The first-order chi connectivity index (χ1) is 5.57. The molecular weight excluding hydrogens is 162 g/mol. The van der Waals surface area contributed by atoms with E-state index in [9.17, 15) is 9.59 Å². The second-order valence-corrected chi connectivity index (χ2v) is 2.20. The minimum atomic E-state index is -1.27. The average Bonchev–Trinajstić information content (AvgIpc) is 2.00. The second-order valence-electron chi connectivity index (χ2n) is 2.20. The molecule has 0 saturated heterocycles. The number of ether oxygens (including phenoxy) is 1. The number of nitrogens with one attached hydrogen (secondary N) is 1. The van der Waals surface area contributed by atoms with Gasteiger partial charge in [0.1, 0.15) is 0 Å². The first-order valence-electron chi connectivity index (χ1n) is 3.67. The van der Waals surface area contributed by atoms with E-state index in [0.29, 0.717) is 0 Å². The molecule has 0 fully saturated rings. The molecule has 0 aliphatic rings. The summed E-state index contributed by atoms with van der Waals surface area (Å²) in [7, 11) is 0. The van der Waals surface area contributed by atoms with Crippen molar-refractivity contribution in [3.05, 3.63) is 0 Å². The van der Waals surface area contributed by atoms with Crippen molar-refractivity contribution in [1.82, 2.24) is 5.32 Å². The highest BCUT2D eigenvalue weighted by Gasteiger charge is 2.15. The molecule has 1 amide bonds. The maximum absolute atomic E-state index is 10.7. The SMILES string of the molecule is CCOC(=O)[C@@H](O)CNC(C)=O. The molecule has 70 valence electrons. The molecule has 0 heterocycles. The van der Waals surface area contributed by atoms with E-state index in [0.717, 1.165) is 0 Å². The van der Waals surface area contributed by atoms with Gasteiger partial charge in [0.25, 0.3) is 0 Å². The van der Waals surface area contributed by atoms with Crippen molar-refractivity contribution in [1.29, 1.82) is 0 Å². The van der Waals surface area contributed by atoms with E-state index in [2.05, 4.69) is 10.1 Å². The normalized spacial score (nSPS) is 11.9. The van der Waals surface area contributed by atoms with Crippen molar-refractivity contribution >= 4 is 11.9 Å². The molecule has 0 aromatic carbocycles. The minimum Gasteiger partial charge on any atom is -0.464 e. The summed E-state index contributed by atoms with van der Waals surface area (Å²) in [6.45, 7) is 3.06. The summed E-state index contributed by atoms with van der Waals surface area (Å²) in [6.07, 6.45) is -1.27. The van der Waals surface area contributed by atoms with E-state index < -0.39 is 12.1 Å². The van der Waals surface area contributed by atoms with Gasteiger partial charge in [0.2, 0.25) is 5.91 Å². The standard InChI is InChI=1S/C7H13NO4/c1-3-12-7(11)6(10)4-8-5(2)9/h6,10H,3-4H2,1-2H3,(H,8,9)/t6-/m0/s1. The number of esters is 1. The Labute approximate surface area is 70.7 Å². The lowest BCUT2D eigenvalue weighted by atomic mass is 10.3. The van der Waals surface area contributed by atoms with Gasteiger partial charge in [-0.25, -0.2) is 4.79 Å². The van der Waals surface area contributed by atoms with Gasteiger partial charge >= 0.3 is 5.97 Å². The van der Waals surface area contributed by atoms with E-state index >= 15 is 0 Å². The number of amides is 1. The lowest BCUT2D eigenvalue weighted by Gasteiger charge is -2.08. The molecule has 0 aliphatic heterocycles. The number of aliphatic hydroxyl groups excluding tert-OH is 1. The highest BCUT2D eigenvalue weighted by Crippen LogP contribution is 1.86. The monoisotopic (exact) mass is 175 g/mol. The van der Waals surface area contributed by atoms with Crippen LogP contribution in [0.3, 0.4) is 0 Å². The zero-order valence-electron chi connectivity index (χ0n) is 7.16. The van der Waals surface area contributed by atoms with E-state index in [1.807, 2.05) is 0 Å². The summed E-state index contributed by atoms with van der Waals surface area (Å²) in [6, 6.07) is 0. The van der Waals surface area contributed by atoms with Crippen molar-refractivity contribution < 1.29 is 19.4 Å². The summed E-state index contributed by atoms with van der Waals surface area (Å²) in [4.78, 5) is 21.1.